The zero-order valence-corrected chi connectivity index (χ0v) is 13.3. The first-order chi connectivity index (χ1) is 9.09. The molecule has 0 radical (unpaired) electrons. The van der Waals surface area contributed by atoms with E-state index < -0.39 is 10.0 Å². The van der Waals surface area contributed by atoms with E-state index in [9.17, 15) is 13.2 Å². The molecule has 1 amide bonds. The van der Waals surface area contributed by atoms with Crippen LogP contribution in [0.5, 0.6) is 0 Å². The van der Waals surface area contributed by atoms with Crippen molar-refractivity contribution >= 4 is 39.7 Å². The number of sulfonamides is 1. The summed E-state index contributed by atoms with van der Waals surface area (Å²) in [5, 5.41) is 4.89. The Hall–Kier alpha value is -0.670. The number of amides is 1. The predicted molar refractivity (Wildman–Crippen MR) is 80.8 cm³/mol. The molecule has 2 N–H and O–H groups in total. The highest BCUT2D eigenvalue weighted by molar-refractivity contribution is 7.91. The minimum absolute atomic E-state index is 0. The van der Waals surface area contributed by atoms with Crippen molar-refractivity contribution in [2.45, 2.75) is 10.6 Å². The van der Waals surface area contributed by atoms with Crippen LogP contribution in [0.3, 0.4) is 0 Å². The van der Waals surface area contributed by atoms with Gasteiger partial charge in [-0.05, 0) is 24.4 Å². The molecule has 0 spiro atoms. The molecule has 1 aromatic heterocycles. The van der Waals surface area contributed by atoms with Crippen LogP contribution in [0.4, 0.5) is 0 Å². The first-order valence-electron chi connectivity index (χ1n) is 6.11. The van der Waals surface area contributed by atoms with E-state index in [0.29, 0.717) is 13.1 Å². The van der Waals surface area contributed by atoms with E-state index in [-0.39, 0.29) is 29.1 Å². The van der Waals surface area contributed by atoms with Gasteiger partial charge in [-0.25, -0.2) is 13.1 Å². The molecule has 6 nitrogen and oxygen atoms in total. The summed E-state index contributed by atoms with van der Waals surface area (Å²) in [6, 6.07) is 3.19. The Morgan fingerprint density at radius 1 is 1.40 bits per heavy atom. The average Bonchev–Trinajstić information content (AvgIpc) is 2.80. The second kappa shape index (κ2) is 7.94. The zero-order chi connectivity index (χ0) is 13.7. The Balaban J connectivity index is 0.00000200. The third-order valence-electron chi connectivity index (χ3n) is 2.87. The van der Waals surface area contributed by atoms with Crippen LogP contribution >= 0.6 is 23.7 Å². The van der Waals surface area contributed by atoms with Gasteiger partial charge in [0.15, 0.2) is 0 Å². The number of nitrogens with one attached hydrogen (secondary N) is 2. The van der Waals surface area contributed by atoms with E-state index >= 15 is 0 Å². The van der Waals surface area contributed by atoms with Gasteiger partial charge in [0, 0.05) is 19.6 Å². The van der Waals surface area contributed by atoms with E-state index in [1.165, 1.54) is 6.07 Å². The lowest BCUT2D eigenvalue weighted by Gasteiger charge is -2.19. The van der Waals surface area contributed by atoms with Crippen LogP contribution in [0, 0.1) is 0 Å². The standard InChI is InChI=1S/C11H17N3O3S2.ClH/c15-10(14-6-2-4-12-5-7-14)9-13-19(16,17)11-3-1-8-18-11;/h1,3,8,12-13H,2,4-7,9H2;1H. The topological polar surface area (TPSA) is 78.5 Å². The fourth-order valence-corrected chi connectivity index (χ4v) is 3.86. The van der Waals surface area contributed by atoms with Gasteiger partial charge in [0.25, 0.3) is 10.0 Å². The predicted octanol–water partition coefficient (Wildman–Crippen LogP) is 0.270. The summed E-state index contributed by atoms with van der Waals surface area (Å²) in [7, 11) is -3.55. The van der Waals surface area contributed by atoms with Crippen LogP contribution in [0.1, 0.15) is 6.42 Å². The zero-order valence-electron chi connectivity index (χ0n) is 10.9. The van der Waals surface area contributed by atoms with Crippen molar-refractivity contribution < 1.29 is 13.2 Å². The lowest BCUT2D eigenvalue weighted by atomic mass is 10.4. The summed E-state index contributed by atoms with van der Waals surface area (Å²) >= 11 is 1.14. The normalized spacial score (nSPS) is 16.3. The van der Waals surface area contributed by atoms with E-state index in [1.807, 2.05) is 0 Å². The fourth-order valence-electron chi connectivity index (χ4n) is 1.85. The smallest absolute Gasteiger partial charge is 0.250 e. The molecule has 0 atom stereocenters. The third kappa shape index (κ3) is 4.71. The summed E-state index contributed by atoms with van der Waals surface area (Å²) in [6.45, 7) is 2.76. The molecular formula is C11H18ClN3O3S2. The highest BCUT2D eigenvalue weighted by Gasteiger charge is 2.20. The first-order valence-corrected chi connectivity index (χ1v) is 8.47. The number of carbonyl (C=O) groups is 1. The van der Waals surface area contributed by atoms with Gasteiger partial charge < -0.3 is 10.2 Å². The van der Waals surface area contributed by atoms with E-state index in [1.54, 1.807) is 16.3 Å². The lowest BCUT2D eigenvalue weighted by Crippen LogP contribution is -2.41. The second-order valence-corrected chi connectivity index (χ2v) is 7.18. The molecule has 2 heterocycles. The maximum atomic E-state index is 11.9. The molecule has 0 aliphatic carbocycles. The minimum atomic E-state index is -3.55. The van der Waals surface area contributed by atoms with Crippen molar-refractivity contribution in [1.29, 1.82) is 0 Å². The van der Waals surface area contributed by atoms with Crippen molar-refractivity contribution in [3.63, 3.8) is 0 Å². The van der Waals surface area contributed by atoms with E-state index in [2.05, 4.69) is 10.0 Å². The monoisotopic (exact) mass is 339 g/mol. The molecular weight excluding hydrogens is 322 g/mol. The van der Waals surface area contributed by atoms with Crippen molar-refractivity contribution in [2.75, 3.05) is 32.7 Å². The molecule has 20 heavy (non-hydrogen) atoms. The van der Waals surface area contributed by atoms with Gasteiger partial charge in [0.2, 0.25) is 5.91 Å². The largest absolute Gasteiger partial charge is 0.340 e. The number of halogens is 1. The van der Waals surface area contributed by atoms with Crippen LogP contribution in [0.25, 0.3) is 0 Å². The molecule has 1 aromatic rings. The van der Waals surface area contributed by atoms with Crippen LogP contribution < -0.4 is 10.0 Å². The summed E-state index contributed by atoms with van der Waals surface area (Å²) in [6.07, 6.45) is 0.892. The van der Waals surface area contributed by atoms with Crippen molar-refractivity contribution in [3.05, 3.63) is 17.5 Å². The number of hydrogen-bond donors (Lipinski definition) is 2. The second-order valence-electron chi connectivity index (χ2n) is 4.24. The number of carbonyl (C=O) groups excluding carboxylic acids is 1. The number of hydrogen-bond acceptors (Lipinski definition) is 5. The van der Waals surface area contributed by atoms with Gasteiger partial charge in [0.1, 0.15) is 4.21 Å². The average molecular weight is 340 g/mol. The quantitative estimate of drug-likeness (QED) is 0.825. The molecule has 0 bridgehead atoms. The Bertz CT molecular complexity index is 511. The lowest BCUT2D eigenvalue weighted by molar-refractivity contribution is -0.129. The Kier molecular flexibility index (Phi) is 6.90. The number of thiophene rings is 1. The number of nitrogens with zero attached hydrogens (tertiary/aromatic N) is 1. The number of rotatable bonds is 4. The maximum absolute atomic E-state index is 11.9. The minimum Gasteiger partial charge on any atom is -0.340 e. The molecule has 2 rings (SSSR count). The Labute approximate surface area is 129 Å². The van der Waals surface area contributed by atoms with Gasteiger partial charge in [-0.15, -0.1) is 23.7 Å². The van der Waals surface area contributed by atoms with E-state index in [4.69, 9.17) is 0 Å². The highest BCUT2D eigenvalue weighted by Crippen LogP contribution is 2.14. The van der Waals surface area contributed by atoms with Crippen LogP contribution in [0.15, 0.2) is 21.7 Å². The van der Waals surface area contributed by atoms with Gasteiger partial charge in [-0.1, -0.05) is 6.07 Å². The summed E-state index contributed by atoms with van der Waals surface area (Å²) < 4.78 is 26.3. The Morgan fingerprint density at radius 2 is 2.20 bits per heavy atom. The van der Waals surface area contributed by atoms with Gasteiger partial charge in [-0.3, -0.25) is 4.79 Å². The first kappa shape index (κ1) is 17.4. The molecule has 9 heteroatoms. The summed E-state index contributed by atoms with van der Waals surface area (Å²) in [5.74, 6) is -0.177. The maximum Gasteiger partial charge on any atom is 0.250 e. The summed E-state index contributed by atoms with van der Waals surface area (Å²) in [4.78, 5) is 13.6. The molecule has 1 fully saturated rings. The van der Waals surface area contributed by atoms with Gasteiger partial charge >= 0.3 is 0 Å². The van der Waals surface area contributed by atoms with E-state index in [0.717, 1.165) is 30.8 Å². The van der Waals surface area contributed by atoms with Crippen molar-refractivity contribution in [1.82, 2.24) is 14.9 Å². The third-order valence-corrected chi connectivity index (χ3v) is 5.66. The van der Waals surface area contributed by atoms with Crippen molar-refractivity contribution in [2.24, 2.45) is 0 Å². The van der Waals surface area contributed by atoms with Crippen LogP contribution in [0.2, 0.25) is 0 Å². The molecule has 0 unspecified atom stereocenters. The molecule has 1 saturated heterocycles. The summed E-state index contributed by atoms with van der Waals surface area (Å²) in [5.41, 5.74) is 0. The molecule has 0 aromatic carbocycles. The molecule has 114 valence electrons. The highest BCUT2D eigenvalue weighted by atomic mass is 35.5. The van der Waals surface area contributed by atoms with Crippen molar-refractivity contribution in [3.8, 4) is 0 Å². The molecule has 0 saturated carbocycles. The molecule has 1 aliphatic rings. The van der Waals surface area contributed by atoms with Crippen LogP contribution in [-0.4, -0.2) is 51.9 Å². The van der Waals surface area contributed by atoms with Gasteiger partial charge in [0.05, 0.1) is 6.54 Å². The van der Waals surface area contributed by atoms with Crippen LogP contribution in [-0.2, 0) is 14.8 Å². The SMILES string of the molecule is Cl.O=C(CNS(=O)(=O)c1cccs1)N1CCCNCC1. The van der Waals surface area contributed by atoms with Gasteiger partial charge in [-0.2, -0.15) is 0 Å². The fraction of sp³-hybridized carbons (Fsp3) is 0.545. The molecule has 1 aliphatic heterocycles. The Morgan fingerprint density at radius 3 is 2.90 bits per heavy atom.